The van der Waals surface area contributed by atoms with E-state index in [0.717, 1.165) is 5.56 Å². The number of rotatable bonds is 3. The molecule has 0 amide bonds. The summed E-state index contributed by atoms with van der Waals surface area (Å²) in [6, 6.07) is 16.7. The van der Waals surface area contributed by atoms with Gasteiger partial charge < -0.3 is 9.15 Å². The third-order valence-corrected chi connectivity index (χ3v) is 3.12. The van der Waals surface area contributed by atoms with Gasteiger partial charge in [0.2, 0.25) is 5.89 Å². The van der Waals surface area contributed by atoms with Crippen LogP contribution in [0.25, 0.3) is 22.8 Å². The van der Waals surface area contributed by atoms with Gasteiger partial charge in [0.25, 0.3) is 0 Å². The van der Waals surface area contributed by atoms with Crippen molar-refractivity contribution in [2.45, 2.75) is 0 Å². The zero-order valence-electron chi connectivity index (χ0n) is 11.4. The van der Waals surface area contributed by atoms with Crippen LogP contribution in [0.1, 0.15) is 10.4 Å². The second kappa shape index (κ2) is 5.63. The minimum absolute atomic E-state index is 0.400. The highest BCUT2D eigenvalue weighted by atomic mass is 16.5. The maximum absolute atomic E-state index is 11.8. The van der Waals surface area contributed by atoms with E-state index >= 15 is 0 Å². The summed E-state index contributed by atoms with van der Waals surface area (Å²) in [5.41, 5.74) is 2.01. The van der Waals surface area contributed by atoms with Crippen molar-refractivity contribution in [3.63, 3.8) is 0 Å². The summed E-state index contributed by atoms with van der Waals surface area (Å²) in [6.07, 6.45) is 1.62. The molecule has 0 radical (unpaired) electrons. The second-order valence-electron chi connectivity index (χ2n) is 4.43. The van der Waals surface area contributed by atoms with Gasteiger partial charge in [-0.3, -0.25) is 0 Å². The molecule has 0 aliphatic carbocycles. The minimum atomic E-state index is -0.400. The number of ether oxygens (including phenoxy) is 1. The van der Waals surface area contributed by atoms with Crippen molar-refractivity contribution in [3.05, 3.63) is 66.4 Å². The molecule has 4 nitrogen and oxygen atoms in total. The van der Waals surface area contributed by atoms with E-state index in [1.165, 1.54) is 7.11 Å². The molecule has 4 heteroatoms. The predicted octanol–water partition coefficient (Wildman–Crippen LogP) is 3.80. The molecule has 3 aromatic rings. The van der Waals surface area contributed by atoms with Crippen molar-refractivity contribution in [1.29, 1.82) is 0 Å². The summed E-state index contributed by atoms with van der Waals surface area (Å²) in [7, 11) is 1.36. The van der Waals surface area contributed by atoms with Crippen molar-refractivity contribution >= 4 is 5.97 Å². The van der Waals surface area contributed by atoms with Crippen LogP contribution in [0.15, 0.2) is 65.2 Å². The van der Waals surface area contributed by atoms with Crippen LogP contribution >= 0.6 is 0 Å². The number of benzene rings is 2. The third kappa shape index (κ3) is 2.56. The zero-order valence-corrected chi connectivity index (χ0v) is 11.4. The predicted molar refractivity (Wildman–Crippen MR) is 78.7 cm³/mol. The summed E-state index contributed by atoms with van der Waals surface area (Å²) in [4.78, 5) is 16.1. The maximum Gasteiger partial charge on any atom is 0.338 e. The van der Waals surface area contributed by atoms with Gasteiger partial charge in [-0.1, -0.05) is 36.4 Å². The quantitative estimate of drug-likeness (QED) is 0.684. The molecular weight excluding hydrogens is 266 g/mol. The van der Waals surface area contributed by atoms with Gasteiger partial charge in [-0.05, 0) is 18.2 Å². The third-order valence-electron chi connectivity index (χ3n) is 3.12. The molecule has 0 saturated carbocycles. The van der Waals surface area contributed by atoms with Gasteiger partial charge in [0.05, 0.1) is 18.9 Å². The molecule has 1 heterocycles. The summed E-state index contributed by atoms with van der Waals surface area (Å²) < 4.78 is 10.6. The van der Waals surface area contributed by atoms with Crippen LogP contribution in [0.2, 0.25) is 0 Å². The van der Waals surface area contributed by atoms with Gasteiger partial charge in [0.15, 0.2) is 5.76 Å². The molecule has 0 aliphatic rings. The van der Waals surface area contributed by atoms with E-state index in [1.54, 1.807) is 18.3 Å². The molecule has 2 aromatic carbocycles. The van der Waals surface area contributed by atoms with Gasteiger partial charge >= 0.3 is 5.97 Å². The first-order chi connectivity index (χ1) is 10.3. The Morgan fingerprint density at radius 1 is 1.05 bits per heavy atom. The highest BCUT2D eigenvalue weighted by molar-refractivity contribution is 5.96. The SMILES string of the molecule is COC(=O)c1ccccc1-c1cnc(-c2ccccc2)o1. The molecule has 0 atom stereocenters. The van der Waals surface area contributed by atoms with Gasteiger partial charge in [-0.2, -0.15) is 0 Å². The lowest BCUT2D eigenvalue weighted by molar-refractivity contribution is 0.0601. The van der Waals surface area contributed by atoms with Crippen LogP contribution in [-0.2, 0) is 4.74 Å². The van der Waals surface area contributed by atoms with Crippen molar-refractivity contribution in [2.24, 2.45) is 0 Å². The van der Waals surface area contributed by atoms with Crippen molar-refractivity contribution in [2.75, 3.05) is 7.11 Å². The Morgan fingerprint density at radius 2 is 1.76 bits per heavy atom. The van der Waals surface area contributed by atoms with Crippen LogP contribution in [0, 0.1) is 0 Å². The Hall–Kier alpha value is -2.88. The van der Waals surface area contributed by atoms with Gasteiger partial charge in [0.1, 0.15) is 0 Å². The van der Waals surface area contributed by atoms with Crippen LogP contribution in [0.5, 0.6) is 0 Å². The lowest BCUT2D eigenvalue weighted by Crippen LogP contribution is -2.02. The molecule has 1 aromatic heterocycles. The molecular formula is C17H13NO3. The number of hydrogen-bond donors (Lipinski definition) is 0. The first-order valence-electron chi connectivity index (χ1n) is 6.48. The fraction of sp³-hybridized carbons (Fsp3) is 0.0588. The molecule has 0 unspecified atom stereocenters. The van der Waals surface area contributed by atoms with Crippen LogP contribution < -0.4 is 0 Å². The minimum Gasteiger partial charge on any atom is -0.465 e. The van der Waals surface area contributed by atoms with Crippen LogP contribution in [-0.4, -0.2) is 18.1 Å². The molecule has 0 spiro atoms. The highest BCUT2D eigenvalue weighted by Crippen LogP contribution is 2.28. The number of carbonyl (C=O) groups excluding carboxylic acids is 1. The Bertz CT molecular complexity index is 762. The number of hydrogen-bond acceptors (Lipinski definition) is 4. The number of oxazole rings is 1. The van der Waals surface area contributed by atoms with E-state index in [-0.39, 0.29) is 0 Å². The number of aromatic nitrogens is 1. The summed E-state index contributed by atoms with van der Waals surface area (Å²) in [5.74, 6) is 0.656. The maximum atomic E-state index is 11.8. The number of methoxy groups -OCH3 is 1. The molecule has 0 fully saturated rings. The van der Waals surface area contributed by atoms with E-state index in [1.807, 2.05) is 42.5 Å². The summed E-state index contributed by atoms with van der Waals surface area (Å²) in [5, 5.41) is 0. The average Bonchev–Trinajstić information content (AvgIpc) is 3.05. The summed E-state index contributed by atoms with van der Waals surface area (Å²) in [6.45, 7) is 0. The Morgan fingerprint density at radius 3 is 2.52 bits per heavy atom. The van der Waals surface area contributed by atoms with Crippen LogP contribution in [0.3, 0.4) is 0 Å². The number of esters is 1. The van der Waals surface area contributed by atoms with Gasteiger partial charge in [-0.25, -0.2) is 9.78 Å². The lowest BCUT2D eigenvalue weighted by Gasteiger charge is -2.04. The molecule has 21 heavy (non-hydrogen) atoms. The molecule has 104 valence electrons. The Balaban J connectivity index is 2.03. The Labute approximate surface area is 122 Å². The van der Waals surface area contributed by atoms with E-state index in [4.69, 9.17) is 9.15 Å². The van der Waals surface area contributed by atoms with Gasteiger partial charge in [-0.15, -0.1) is 0 Å². The molecule has 0 bridgehead atoms. The van der Waals surface area contributed by atoms with Gasteiger partial charge in [0, 0.05) is 11.1 Å². The van der Waals surface area contributed by atoms with E-state index in [2.05, 4.69) is 4.98 Å². The summed E-state index contributed by atoms with van der Waals surface area (Å²) >= 11 is 0. The smallest absolute Gasteiger partial charge is 0.338 e. The van der Waals surface area contributed by atoms with Crippen molar-refractivity contribution in [1.82, 2.24) is 4.98 Å². The second-order valence-corrected chi connectivity index (χ2v) is 4.43. The lowest BCUT2D eigenvalue weighted by atomic mass is 10.1. The number of nitrogens with zero attached hydrogens (tertiary/aromatic N) is 1. The topological polar surface area (TPSA) is 52.3 Å². The van der Waals surface area contributed by atoms with E-state index in [9.17, 15) is 4.79 Å². The largest absolute Gasteiger partial charge is 0.465 e. The average molecular weight is 279 g/mol. The van der Waals surface area contributed by atoms with Crippen molar-refractivity contribution < 1.29 is 13.9 Å². The highest BCUT2D eigenvalue weighted by Gasteiger charge is 2.16. The monoisotopic (exact) mass is 279 g/mol. The molecule has 0 saturated heterocycles. The normalized spacial score (nSPS) is 10.3. The van der Waals surface area contributed by atoms with E-state index in [0.29, 0.717) is 22.8 Å². The zero-order chi connectivity index (χ0) is 14.7. The molecule has 3 rings (SSSR count). The first kappa shape index (κ1) is 13.1. The fourth-order valence-electron chi connectivity index (χ4n) is 2.10. The fourth-order valence-corrected chi connectivity index (χ4v) is 2.10. The van der Waals surface area contributed by atoms with Crippen LogP contribution in [0.4, 0.5) is 0 Å². The molecule has 0 aliphatic heterocycles. The van der Waals surface area contributed by atoms with Crippen molar-refractivity contribution in [3.8, 4) is 22.8 Å². The number of carbonyl (C=O) groups is 1. The standard InChI is InChI=1S/C17H13NO3/c1-20-17(19)14-10-6-5-9-13(14)15-11-18-16(21-15)12-7-3-2-4-8-12/h2-11H,1H3. The molecule has 0 N–H and O–H groups in total. The Kier molecular flexibility index (Phi) is 3.51. The first-order valence-corrected chi connectivity index (χ1v) is 6.48. The van der Waals surface area contributed by atoms with E-state index < -0.39 is 5.97 Å².